The molecule has 5 heteroatoms. The van der Waals surface area contributed by atoms with Crippen molar-refractivity contribution in [2.45, 2.75) is 19.4 Å². The summed E-state index contributed by atoms with van der Waals surface area (Å²) in [5, 5.41) is 9.06. The SMILES string of the molecule is CCOC(=O)[C@@H](N)Cc1ccc(O)cc1.O. The molecule has 5 nitrogen and oxygen atoms in total. The van der Waals surface area contributed by atoms with Crippen molar-refractivity contribution in [2.24, 2.45) is 5.73 Å². The normalized spacial score (nSPS) is 11.4. The van der Waals surface area contributed by atoms with Crippen molar-refractivity contribution in [1.29, 1.82) is 0 Å². The van der Waals surface area contributed by atoms with Gasteiger partial charge in [-0.3, -0.25) is 4.79 Å². The number of hydrogen-bond acceptors (Lipinski definition) is 4. The van der Waals surface area contributed by atoms with Gasteiger partial charge in [0.1, 0.15) is 11.8 Å². The lowest BCUT2D eigenvalue weighted by molar-refractivity contribution is -0.144. The fourth-order valence-corrected chi connectivity index (χ4v) is 1.22. The summed E-state index contributed by atoms with van der Waals surface area (Å²) in [4.78, 5) is 11.2. The van der Waals surface area contributed by atoms with Gasteiger partial charge >= 0.3 is 5.97 Å². The van der Waals surface area contributed by atoms with Crippen molar-refractivity contribution >= 4 is 5.97 Å². The van der Waals surface area contributed by atoms with Crippen LogP contribution in [0.25, 0.3) is 0 Å². The van der Waals surface area contributed by atoms with Gasteiger partial charge in [0.25, 0.3) is 0 Å². The van der Waals surface area contributed by atoms with E-state index in [4.69, 9.17) is 15.6 Å². The number of benzene rings is 1. The molecule has 0 heterocycles. The fourth-order valence-electron chi connectivity index (χ4n) is 1.22. The Morgan fingerprint density at radius 3 is 2.50 bits per heavy atom. The molecular formula is C11H17NO4. The second kappa shape index (κ2) is 6.81. The van der Waals surface area contributed by atoms with Crippen LogP contribution < -0.4 is 5.73 Å². The summed E-state index contributed by atoms with van der Waals surface area (Å²) in [5.74, 6) is -0.200. The van der Waals surface area contributed by atoms with Gasteiger partial charge in [-0.15, -0.1) is 0 Å². The highest BCUT2D eigenvalue weighted by atomic mass is 16.5. The quantitative estimate of drug-likeness (QED) is 0.706. The molecule has 1 rings (SSSR count). The van der Waals surface area contributed by atoms with Crippen molar-refractivity contribution in [2.75, 3.05) is 6.61 Å². The summed E-state index contributed by atoms with van der Waals surface area (Å²) in [6.07, 6.45) is 0.416. The van der Waals surface area contributed by atoms with Crippen LogP contribution in [0.5, 0.6) is 5.75 Å². The zero-order valence-electron chi connectivity index (χ0n) is 9.14. The van der Waals surface area contributed by atoms with Gasteiger partial charge in [-0.05, 0) is 31.0 Å². The maximum Gasteiger partial charge on any atom is 0.323 e. The number of hydrogen-bond donors (Lipinski definition) is 2. The van der Waals surface area contributed by atoms with E-state index in [1.54, 1.807) is 31.2 Å². The van der Waals surface area contributed by atoms with E-state index in [1.165, 1.54) is 0 Å². The number of phenols is 1. The lowest BCUT2D eigenvalue weighted by Gasteiger charge is -2.10. The molecule has 0 aromatic heterocycles. The molecule has 90 valence electrons. The standard InChI is InChI=1S/C11H15NO3.H2O/c1-2-15-11(14)10(12)7-8-3-5-9(13)6-4-8;/h3-6,10,13H,2,7,12H2,1H3;1H2/t10-;/m0./s1. The lowest BCUT2D eigenvalue weighted by Crippen LogP contribution is -2.34. The Balaban J connectivity index is 0.00000225. The molecule has 0 bridgehead atoms. The van der Waals surface area contributed by atoms with Gasteiger partial charge < -0.3 is 21.1 Å². The Labute approximate surface area is 94.1 Å². The molecule has 0 spiro atoms. The van der Waals surface area contributed by atoms with E-state index in [-0.39, 0.29) is 11.2 Å². The summed E-state index contributed by atoms with van der Waals surface area (Å²) in [6, 6.07) is 5.94. The molecular weight excluding hydrogens is 210 g/mol. The monoisotopic (exact) mass is 227 g/mol. The second-order valence-electron chi connectivity index (χ2n) is 3.23. The van der Waals surface area contributed by atoms with Crippen LogP contribution in [0.15, 0.2) is 24.3 Å². The summed E-state index contributed by atoms with van der Waals surface area (Å²) >= 11 is 0. The van der Waals surface area contributed by atoms with E-state index in [0.29, 0.717) is 13.0 Å². The zero-order chi connectivity index (χ0) is 11.3. The number of nitrogens with two attached hydrogens (primary N) is 1. The predicted octanol–water partition coefficient (Wildman–Crippen LogP) is 0.000400. The molecule has 0 unspecified atom stereocenters. The van der Waals surface area contributed by atoms with Crippen molar-refractivity contribution in [3.63, 3.8) is 0 Å². The number of carbonyl (C=O) groups excluding carboxylic acids is 1. The molecule has 0 saturated heterocycles. The van der Waals surface area contributed by atoms with Crippen molar-refractivity contribution < 1.29 is 20.1 Å². The molecule has 0 aliphatic carbocycles. The number of phenolic OH excluding ortho intramolecular Hbond substituents is 1. The number of carbonyl (C=O) groups is 1. The Kier molecular flexibility index (Phi) is 6.14. The van der Waals surface area contributed by atoms with E-state index < -0.39 is 12.0 Å². The zero-order valence-corrected chi connectivity index (χ0v) is 9.14. The number of rotatable bonds is 4. The van der Waals surface area contributed by atoms with E-state index in [1.807, 2.05) is 0 Å². The predicted molar refractivity (Wildman–Crippen MR) is 60.0 cm³/mol. The third-order valence-corrected chi connectivity index (χ3v) is 1.98. The van der Waals surface area contributed by atoms with Gasteiger partial charge in [0, 0.05) is 0 Å². The summed E-state index contributed by atoms with van der Waals surface area (Å²) in [7, 11) is 0. The lowest BCUT2D eigenvalue weighted by atomic mass is 10.1. The maximum absolute atomic E-state index is 11.2. The van der Waals surface area contributed by atoms with E-state index in [2.05, 4.69) is 0 Å². The van der Waals surface area contributed by atoms with Crippen molar-refractivity contribution in [3.8, 4) is 5.75 Å². The van der Waals surface area contributed by atoms with Gasteiger partial charge in [0.15, 0.2) is 0 Å². The molecule has 0 aliphatic rings. The fraction of sp³-hybridized carbons (Fsp3) is 0.364. The van der Waals surface area contributed by atoms with Gasteiger partial charge in [0.2, 0.25) is 0 Å². The summed E-state index contributed by atoms with van der Waals surface area (Å²) in [5.41, 5.74) is 6.53. The highest BCUT2D eigenvalue weighted by Crippen LogP contribution is 2.11. The molecule has 1 aromatic carbocycles. The minimum Gasteiger partial charge on any atom is -0.508 e. The molecule has 16 heavy (non-hydrogen) atoms. The first-order valence-electron chi connectivity index (χ1n) is 4.83. The van der Waals surface area contributed by atoms with Crippen molar-refractivity contribution in [3.05, 3.63) is 29.8 Å². The molecule has 1 atom stereocenters. The molecule has 5 N–H and O–H groups in total. The number of aromatic hydroxyl groups is 1. The molecule has 0 aliphatic heterocycles. The number of ether oxygens (including phenoxy) is 1. The number of esters is 1. The minimum absolute atomic E-state index is 0. The summed E-state index contributed by atoms with van der Waals surface area (Å²) in [6.45, 7) is 2.08. The highest BCUT2D eigenvalue weighted by molar-refractivity contribution is 5.75. The first-order chi connectivity index (χ1) is 7.13. The Morgan fingerprint density at radius 2 is 2.00 bits per heavy atom. The van der Waals surface area contributed by atoms with Crippen LogP contribution in [0.4, 0.5) is 0 Å². The third kappa shape index (κ3) is 4.29. The largest absolute Gasteiger partial charge is 0.508 e. The van der Waals surface area contributed by atoms with Gasteiger partial charge in [-0.1, -0.05) is 12.1 Å². The second-order valence-corrected chi connectivity index (χ2v) is 3.23. The highest BCUT2D eigenvalue weighted by Gasteiger charge is 2.14. The first kappa shape index (κ1) is 14.4. The smallest absolute Gasteiger partial charge is 0.323 e. The Bertz CT molecular complexity index is 323. The van der Waals surface area contributed by atoms with Crippen LogP contribution in [0.1, 0.15) is 12.5 Å². The van der Waals surface area contributed by atoms with Crippen LogP contribution in [-0.4, -0.2) is 29.2 Å². The topological polar surface area (TPSA) is 104 Å². The van der Waals surface area contributed by atoms with E-state index in [0.717, 1.165) is 5.56 Å². The average molecular weight is 227 g/mol. The third-order valence-electron chi connectivity index (χ3n) is 1.98. The molecule has 0 saturated carbocycles. The van der Waals surface area contributed by atoms with Gasteiger partial charge in [-0.25, -0.2) is 0 Å². The van der Waals surface area contributed by atoms with E-state index in [9.17, 15) is 4.79 Å². The average Bonchev–Trinajstić information content (AvgIpc) is 2.22. The molecule has 0 amide bonds. The van der Waals surface area contributed by atoms with Crippen LogP contribution in [-0.2, 0) is 16.0 Å². The van der Waals surface area contributed by atoms with E-state index >= 15 is 0 Å². The Morgan fingerprint density at radius 1 is 1.44 bits per heavy atom. The molecule has 0 fully saturated rings. The Hall–Kier alpha value is -1.59. The van der Waals surface area contributed by atoms with Crippen LogP contribution in [0.3, 0.4) is 0 Å². The van der Waals surface area contributed by atoms with Crippen LogP contribution in [0.2, 0.25) is 0 Å². The van der Waals surface area contributed by atoms with Gasteiger partial charge in [-0.2, -0.15) is 0 Å². The summed E-state index contributed by atoms with van der Waals surface area (Å²) < 4.78 is 4.79. The maximum atomic E-state index is 11.2. The molecule has 1 aromatic rings. The minimum atomic E-state index is -0.644. The van der Waals surface area contributed by atoms with Crippen molar-refractivity contribution in [1.82, 2.24) is 0 Å². The van der Waals surface area contributed by atoms with Crippen LogP contribution in [0, 0.1) is 0 Å². The molecule has 0 radical (unpaired) electrons. The van der Waals surface area contributed by atoms with Gasteiger partial charge in [0.05, 0.1) is 6.61 Å². The van der Waals surface area contributed by atoms with Crippen LogP contribution >= 0.6 is 0 Å². The first-order valence-corrected chi connectivity index (χ1v) is 4.83.